The van der Waals surface area contributed by atoms with Gasteiger partial charge < -0.3 is 0 Å². The van der Waals surface area contributed by atoms with Crippen molar-refractivity contribution in [1.29, 1.82) is 0 Å². The van der Waals surface area contributed by atoms with Crippen molar-refractivity contribution in [2.75, 3.05) is 0 Å². The molecule has 0 spiro atoms. The Hall–Kier alpha value is -5.46. The Morgan fingerprint density at radius 2 is 0.600 bits per heavy atom. The lowest BCUT2D eigenvalue weighted by Crippen LogP contribution is -2.58. The van der Waals surface area contributed by atoms with Crippen LogP contribution in [-0.2, 0) is 18.5 Å². The van der Waals surface area contributed by atoms with Crippen LogP contribution < -0.4 is 16.4 Å². The Labute approximate surface area is 345 Å². The predicted molar refractivity (Wildman–Crippen MR) is 223 cm³/mol. The number of aryl methyl sites for hydroxylation is 6. The van der Waals surface area contributed by atoms with Crippen LogP contribution in [0.5, 0.6) is 0 Å². The van der Waals surface area contributed by atoms with E-state index in [0.29, 0.717) is 33.4 Å². The van der Waals surface area contributed by atoms with Crippen molar-refractivity contribution in [2.24, 2.45) is 0 Å². The van der Waals surface area contributed by atoms with Crippen LogP contribution in [0.15, 0.2) is 73.2 Å². The first-order valence-electron chi connectivity index (χ1n) is 19.3. The number of benzene rings is 3. The summed E-state index contributed by atoms with van der Waals surface area (Å²) in [6, 6.07) is 13.0. The lowest BCUT2D eigenvalue weighted by atomic mass is 9.32. The summed E-state index contributed by atoms with van der Waals surface area (Å²) < 4.78 is 122. The van der Waals surface area contributed by atoms with Crippen LogP contribution in [0.3, 0.4) is 0 Å². The first kappa shape index (κ1) is 45.6. The number of alkyl halides is 9. The zero-order valence-corrected chi connectivity index (χ0v) is 35.2. The van der Waals surface area contributed by atoms with Crippen LogP contribution in [0, 0.1) is 62.3 Å². The van der Waals surface area contributed by atoms with E-state index in [2.05, 4.69) is 15.0 Å². The molecule has 60 heavy (non-hydrogen) atoms. The Bertz CT molecular complexity index is 2250. The maximum absolute atomic E-state index is 13.6. The summed E-state index contributed by atoms with van der Waals surface area (Å²) in [4.78, 5) is 11.3. The van der Waals surface area contributed by atoms with E-state index in [0.717, 1.165) is 84.7 Å². The lowest BCUT2D eigenvalue weighted by molar-refractivity contribution is -0.141. The topological polar surface area (TPSA) is 38.7 Å². The largest absolute Gasteiger partial charge is 0.433 e. The van der Waals surface area contributed by atoms with Crippen molar-refractivity contribution in [2.45, 2.75) is 94.7 Å². The Morgan fingerprint density at radius 1 is 0.367 bits per heavy atom. The molecule has 13 heteroatoms. The SMILES string of the molecule is CC.Cc1cc(C)c(-c2ccc(C(F)(F)F)nc2)c(C)c1B(c1c(C)cc(C)c(-c2ccc(C(F)(F)F)nc2)c1C)c1c(C)cc(C)c(-c2ccc(C(F)(F)F)nc2)c1C. The summed E-state index contributed by atoms with van der Waals surface area (Å²) in [6.07, 6.45) is -10.3. The maximum atomic E-state index is 13.6. The Kier molecular flexibility index (Phi) is 12.8. The number of hydrogen-bond donors (Lipinski definition) is 0. The molecule has 6 rings (SSSR count). The lowest BCUT2D eigenvalue weighted by Gasteiger charge is -2.31. The van der Waals surface area contributed by atoms with Crippen molar-refractivity contribution in [1.82, 2.24) is 15.0 Å². The molecule has 3 aromatic heterocycles. The highest BCUT2D eigenvalue weighted by Gasteiger charge is 2.37. The molecule has 0 saturated carbocycles. The monoisotopic (exact) mass is 833 g/mol. The minimum absolute atomic E-state index is 0.478. The van der Waals surface area contributed by atoms with Gasteiger partial charge in [-0.15, -0.1) is 0 Å². The number of aromatic nitrogens is 3. The molecule has 0 aliphatic heterocycles. The molecule has 0 fully saturated rings. The zero-order valence-electron chi connectivity index (χ0n) is 35.2. The van der Waals surface area contributed by atoms with Gasteiger partial charge in [0.2, 0.25) is 6.71 Å². The quantitative estimate of drug-likeness (QED) is 0.124. The predicted octanol–water partition coefficient (Wildman–Crippen LogP) is 12.2. The molecule has 0 atom stereocenters. The number of pyridine rings is 3. The average molecular weight is 834 g/mol. The van der Waals surface area contributed by atoms with E-state index >= 15 is 0 Å². The standard InChI is InChI=1S/C45H39BF9N3.C2H6/c1-22-16-25(4)40(28(7)37(22)31-10-13-34(56-19-31)43(47,48)49)46(41-26(5)17-23(2)38(29(41)8)32-11-14-35(57-20-32)44(50,51)52)42-27(6)18-24(3)39(30(42)9)33-12-15-36(58-21-33)45(53,54)55;1-2/h10-21H,1-9H3;1-2H3. The van der Waals surface area contributed by atoms with Crippen molar-refractivity contribution in [3.63, 3.8) is 0 Å². The van der Waals surface area contributed by atoms with Gasteiger partial charge in [0.25, 0.3) is 0 Å². The molecular formula is C47H45BF9N3. The van der Waals surface area contributed by atoms with Gasteiger partial charge >= 0.3 is 18.5 Å². The molecule has 314 valence electrons. The molecule has 3 heterocycles. The first-order chi connectivity index (χ1) is 27.9. The third-order valence-corrected chi connectivity index (χ3v) is 11.0. The first-order valence-corrected chi connectivity index (χ1v) is 19.3. The minimum atomic E-state index is -4.63. The van der Waals surface area contributed by atoms with E-state index in [1.165, 1.54) is 36.8 Å². The van der Waals surface area contributed by atoms with E-state index in [-0.39, 0.29) is 0 Å². The van der Waals surface area contributed by atoms with E-state index in [1.807, 2.05) is 94.4 Å². The molecule has 0 N–H and O–H groups in total. The van der Waals surface area contributed by atoms with E-state index in [4.69, 9.17) is 0 Å². The van der Waals surface area contributed by atoms with Gasteiger partial charge in [-0.3, -0.25) is 15.0 Å². The third kappa shape index (κ3) is 8.72. The van der Waals surface area contributed by atoms with Crippen molar-refractivity contribution >= 4 is 23.1 Å². The molecule has 0 amide bonds. The molecule has 0 aliphatic carbocycles. The van der Waals surface area contributed by atoms with Crippen molar-refractivity contribution in [3.8, 4) is 33.4 Å². The third-order valence-electron chi connectivity index (χ3n) is 11.0. The molecule has 0 saturated heterocycles. The summed E-state index contributed by atoms with van der Waals surface area (Å²) in [5.41, 5.74) is 10.3. The average Bonchev–Trinajstić information content (AvgIpc) is 3.14. The number of rotatable bonds is 6. The van der Waals surface area contributed by atoms with E-state index in [9.17, 15) is 39.5 Å². The molecule has 3 nitrogen and oxygen atoms in total. The second-order valence-electron chi connectivity index (χ2n) is 15.0. The maximum Gasteiger partial charge on any atom is 0.433 e. The fourth-order valence-electron chi connectivity index (χ4n) is 8.83. The van der Waals surface area contributed by atoms with Crippen LogP contribution in [-0.4, -0.2) is 21.7 Å². The van der Waals surface area contributed by atoms with Gasteiger partial charge in [0, 0.05) is 35.3 Å². The highest BCUT2D eigenvalue weighted by molar-refractivity contribution is 6.97. The highest BCUT2D eigenvalue weighted by Crippen LogP contribution is 2.36. The molecule has 3 aromatic carbocycles. The molecule has 0 aliphatic rings. The van der Waals surface area contributed by atoms with Crippen LogP contribution in [0.25, 0.3) is 33.4 Å². The molecule has 0 radical (unpaired) electrons. The van der Waals surface area contributed by atoms with Gasteiger partial charge in [0.15, 0.2) is 0 Å². The zero-order chi connectivity index (χ0) is 44.8. The summed E-state index contributed by atoms with van der Waals surface area (Å²) in [7, 11) is 0. The van der Waals surface area contributed by atoms with Crippen molar-refractivity contribution < 1.29 is 39.5 Å². The smallest absolute Gasteiger partial charge is 0.251 e. The minimum Gasteiger partial charge on any atom is -0.251 e. The Balaban J connectivity index is 0.00000336. The van der Waals surface area contributed by atoms with Crippen LogP contribution >= 0.6 is 0 Å². The van der Waals surface area contributed by atoms with Crippen molar-refractivity contribution in [3.05, 3.63) is 140 Å². The summed E-state index contributed by atoms with van der Waals surface area (Å²) in [5.74, 6) is 0. The number of hydrogen-bond acceptors (Lipinski definition) is 3. The van der Waals surface area contributed by atoms with Gasteiger partial charge in [-0.1, -0.05) is 83.3 Å². The van der Waals surface area contributed by atoms with Gasteiger partial charge in [-0.05, 0) is 131 Å². The molecule has 6 aromatic rings. The highest BCUT2D eigenvalue weighted by atomic mass is 19.4. The molecule has 0 unspecified atom stereocenters. The van der Waals surface area contributed by atoms with E-state index in [1.54, 1.807) is 0 Å². The van der Waals surface area contributed by atoms with Gasteiger partial charge in [-0.25, -0.2) is 0 Å². The summed E-state index contributed by atoms with van der Waals surface area (Å²) >= 11 is 0. The normalized spacial score (nSPS) is 12.0. The number of halogens is 9. The summed E-state index contributed by atoms with van der Waals surface area (Å²) in [6.45, 7) is 20.6. The van der Waals surface area contributed by atoms with Gasteiger partial charge in [0.05, 0.1) is 0 Å². The van der Waals surface area contributed by atoms with Gasteiger partial charge in [-0.2, -0.15) is 39.5 Å². The second kappa shape index (κ2) is 16.9. The van der Waals surface area contributed by atoms with Crippen LogP contribution in [0.2, 0.25) is 0 Å². The fourth-order valence-corrected chi connectivity index (χ4v) is 8.83. The fraction of sp³-hybridized carbons (Fsp3) is 0.298. The second-order valence-corrected chi connectivity index (χ2v) is 15.0. The number of nitrogens with zero attached hydrogens (tertiary/aromatic N) is 3. The van der Waals surface area contributed by atoms with E-state index < -0.39 is 42.3 Å². The summed E-state index contributed by atoms with van der Waals surface area (Å²) in [5, 5.41) is 0. The van der Waals surface area contributed by atoms with Crippen LogP contribution in [0.4, 0.5) is 39.5 Å². The molecular weight excluding hydrogens is 788 g/mol. The van der Waals surface area contributed by atoms with Crippen LogP contribution in [0.1, 0.15) is 81.0 Å². The van der Waals surface area contributed by atoms with Gasteiger partial charge in [0.1, 0.15) is 17.1 Å². The Morgan fingerprint density at radius 3 is 0.783 bits per heavy atom. The molecule has 0 bridgehead atoms.